The summed E-state index contributed by atoms with van der Waals surface area (Å²) in [6, 6.07) is 6.93. The number of aromatic amines is 1. The van der Waals surface area contributed by atoms with E-state index in [0.29, 0.717) is 24.0 Å². The van der Waals surface area contributed by atoms with Gasteiger partial charge in [-0.2, -0.15) is 0 Å². The van der Waals surface area contributed by atoms with Crippen LogP contribution in [0.15, 0.2) is 33.9 Å². The standard InChI is InChI=1S/C16H20N4O3/c1-17-9-11-5-4-8-19(11)14(21)10-20-15(22)12-6-2-3-7-13(12)18-16(20)23/h2-3,6-7,11,17H,4-5,8-10H2,1H3,(H,18,23). The predicted molar refractivity (Wildman–Crippen MR) is 87.5 cm³/mol. The van der Waals surface area contributed by atoms with Gasteiger partial charge in [0, 0.05) is 19.1 Å². The molecule has 1 fully saturated rings. The maximum absolute atomic E-state index is 12.5. The fourth-order valence-corrected chi connectivity index (χ4v) is 3.18. The fraction of sp³-hybridized carbons (Fsp3) is 0.438. The Bertz CT molecular complexity index is 839. The molecule has 3 rings (SSSR count). The monoisotopic (exact) mass is 316 g/mol. The van der Waals surface area contributed by atoms with Gasteiger partial charge in [0.05, 0.1) is 10.9 Å². The van der Waals surface area contributed by atoms with Crippen molar-refractivity contribution in [3.63, 3.8) is 0 Å². The van der Waals surface area contributed by atoms with E-state index in [4.69, 9.17) is 0 Å². The number of carbonyl (C=O) groups is 1. The van der Waals surface area contributed by atoms with Crippen molar-refractivity contribution < 1.29 is 4.79 Å². The van der Waals surface area contributed by atoms with Gasteiger partial charge in [-0.1, -0.05) is 12.1 Å². The second kappa shape index (κ2) is 6.37. The van der Waals surface area contributed by atoms with Gasteiger partial charge in [0.25, 0.3) is 5.56 Å². The number of nitrogens with zero attached hydrogens (tertiary/aromatic N) is 2. The quantitative estimate of drug-likeness (QED) is 0.825. The summed E-state index contributed by atoms with van der Waals surface area (Å²) in [5.74, 6) is -0.189. The number of para-hydroxylation sites is 1. The molecule has 23 heavy (non-hydrogen) atoms. The Morgan fingerprint density at radius 3 is 2.91 bits per heavy atom. The number of hydrogen-bond acceptors (Lipinski definition) is 4. The number of likely N-dealkylation sites (N-methyl/N-ethyl adjacent to an activating group) is 1. The highest BCUT2D eigenvalue weighted by atomic mass is 16.2. The summed E-state index contributed by atoms with van der Waals surface area (Å²) in [6.45, 7) is 1.17. The van der Waals surface area contributed by atoms with Crippen LogP contribution in [0.5, 0.6) is 0 Å². The Morgan fingerprint density at radius 1 is 1.35 bits per heavy atom. The van der Waals surface area contributed by atoms with Crippen molar-refractivity contribution in [1.82, 2.24) is 19.8 Å². The summed E-state index contributed by atoms with van der Waals surface area (Å²) < 4.78 is 0.986. The molecule has 2 aromatic rings. The molecular formula is C16H20N4O3. The van der Waals surface area contributed by atoms with Crippen LogP contribution in [0.2, 0.25) is 0 Å². The highest BCUT2D eigenvalue weighted by Gasteiger charge is 2.28. The van der Waals surface area contributed by atoms with Gasteiger partial charge < -0.3 is 15.2 Å². The minimum Gasteiger partial charge on any atom is -0.337 e. The van der Waals surface area contributed by atoms with Crippen molar-refractivity contribution in [3.05, 3.63) is 45.1 Å². The third kappa shape index (κ3) is 2.92. The molecule has 1 atom stereocenters. The van der Waals surface area contributed by atoms with Crippen LogP contribution in [-0.2, 0) is 11.3 Å². The van der Waals surface area contributed by atoms with E-state index in [1.165, 1.54) is 0 Å². The summed E-state index contributed by atoms with van der Waals surface area (Å²) in [5, 5.41) is 3.49. The summed E-state index contributed by atoms with van der Waals surface area (Å²) >= 11 is 0. The lowest BCUT2D eigenvalue weighted by molar-refractivity contribution is -0.132. The first-order valence-electron chi connectivity index (χ1n) is 7.77. The lowest BCUT2D eigenvalue weighted by atomic mass is 10.2. The number of aromatic nitrogens is 2. The average Bonchev–Trinajstić information content (AvgIpc) is 3.00. The summed E-state index contributed by atoms with van der Waals surface area (Å²) in [6.07, 6.45) is 1.89. The smallest absolute Gasteiger partial charge is 0.329 e. The SMILES string of the molecule is CNCC1CCCN1C(=O)Cn1c(=O)[nH]c2ccccc2c1=O. The number of fused-ring (bicyclic) bond motifs is 1. The van der Waals surface area contributed by atoms with Crippen LogP contribution in [0.3, 0.4) is 0 Å². The molecule has 7 nitrogen and oxygen atoms in total. The zero-order valence-electron chi connectivity index (χ0n) is 13.0. The maximum atomic E-state index is 12.5. The van der Waals surface area contributed by atoms with Crippen LogP contribution >= 0.6 is 0 Å². The Labute approximate surface area is 132 Å². The van der Waals surface area contributed by atoms with Crippen molar-refractivity contribution in [2.24, 2.45) is 0 Å². The first-order valence-corrected chi connectivity index (χ1v) is 7.77. The first kappa shape index (κ1) is 15.5. The number of hydrogen-bond donors (Lipinski definition) is 2. The van der Waals surface area contributed by atoms with Gasteiger partial charge >= 0.3 is 5.69 Å². The van der Waals surface area contributed by atoms with Gasteiger partial charge in [-0.25, -0.2) is 4.79 Å². The van der Waals surface area contributed by atoms with E-state index in [2.05, 4.69) is 10.3 Å². The topological polar surface area (TPSA) is 87.2 Å². The molecule has 2 heterocycles. The van der Waals surface area contributed by atoms with Crippen LogP contribution in [-0.4, -0.2) is 46.5 Å². The van der Waals surface area contributed by atoms with E-state index in [9.17, 15) is 14.4 Å². The highest BCUT2D eigenvalue weighted by molar-refractivity contribution is 5.79. The Hall–Kier alpha value is -2.41. The van der Waals surface area contributed by atoms with E-state index in [1.54, 1.807) is 29.2 Å². The maximum Gasteiger partial charge on any atom is 0.329 e. The van der Waals surface area contributed by atoms with E-state index in [0.717, 1.165) is 17.4 Å². The fourth-order valence-electron chi connectivity index (χ4n) is 3.18. The summed E-state index contributed by atoms with van der Waals surface area (Å²) in [4.78, 5) is 41.5. The molecule has 1 saturated heterocycles. The molecule has 1 aromatic heterocycles. The van der Waals surface area contributed by atoms with Crippen molar-refractivity contribution >= 4 is 16.8 Å². The zero-order chi connectivity index (χ0) is 16.4. The minimum absolute atomic E-state index is 0.128. The molecule has 1 unspecified atom stereocenters. The van der Waals surface area contributed by atoms with Gasteiger partial charge in [0.1, 0.15) is 6.54 Å². The van der Waals surface area contributed by atoms with Gasteiger partial charge in [-0.3, -0.25) is 14.2 Å². The molecule has 0 aliphatic carbocycles. The minimum atomic E-state index is -0.550. The molecular weight excluding hydrogens is 296 g/mol. The van der Waals surface area contributed by atoms with E-state index >= 15 is 0 Å². The molecule has 2 N–H and O–H groups in total. The van der Waals surface area contributed by atoms with Crippen LogP contribution in [0, 0.1) is 0 Å². The number of likely N-dealkylation sites (tertiary alicyclic amines) is 1. The Kier molecular flexibility index (Phi) is 4.29. The van der Waals surface area contributed by atoms with E-state index < -0.39 is 11.2 Å². The number of H-pyrrole nitrogens is 1. The summed E-state index contributed by atoms with van der Waals surface area (Å²) in [5.41, 5.74) is -0.492. The number of nitrogens with one attached hydrogen (secondary N) is 2. The summed E-state index contributed by atoms with van der Waals surface area (Å²) in [7, 11) is 1.85. The Morgan fingerprint density at radius 2 is 2.13 bits per heavy atom. The van der Waals surface area contributed by atoms with Crippen LogP contribution < -0.4 is 16.6 Å². The third-order valence-corrected chi connectivity index (χ3v) is 4.32. The van der Waals surface area contributed by atoms with Crippen molar-refractivity contribution in [3.8, 4) is 0 Å². The number of amides is 1. The lowest BCUT2D eigenvalue weighted by Crippen LogP contribution is -2.46. The predicted octanol–water partition coefficient (Wildman–Crippen LogP) is -0.0998. The van der Waals surface area contributed by atoms with Crippen LogP contribution in [0.1, 0.15) is 12.8 Å². The molecule has 1 aromatic carbocycles. The largest absolute Gasteiger partial charge is 0.337 e. The van der Waals surface area contributed by atoms with E-state index in [1.807, 2.05) is 7.05 Å². The van der Waals surface area contributed by atoms with Crippen LogP contribution in [0.25, 0.3) is 10.9 Å². The van der Waals surface area contributed by atoms with Crippen molar-refractivity contribution in [1.29, 1.82) is 0 Å². The van der Waals surface area contributed by atoms with Crippen molar-refractivity contribution in [2.45, 2.75) is 25.4 Å². The zero-order valence-corrected chi connectivity index (χ0v) is 13.0. The van der Waals surface area contributed by atoms with E-state index in [-0.39, 0.29) is 18.5 Å². The molecule has 0 radical (unpaired) electrons. The molecule has 122 valence electrons. The van der Waals surface area contributed by atoms with Gasteiger partial charge in [-0.05, 0) is 32.0 Å². The molecule has 0 bridgehead atoms. The molecule has 0 saturated carbocycles. The first-order chi connectivity index (χ1) is 11.1. The van der Waals surface area contributed by atoms with Crippen molar-refractivity contribution in [2.75, 3.05) is 20.1 Å². The molecule has 0 spiro atoms. The third-order valence-electron chi connectivity index (χ3n) is 4.32. The average molecular weight is 316 g/mol. The number of benzene rings is 1. The second-order valence-corrected chi connectivity index (χ2v) is 5.81. The molecule has 1 aliphatic rings. The normalized spacial score (nSPS) is 17.8. The molecule has 7 heteroatoms. The van der Waals surface area contributed by atoms with Gasteiger partial charge in [-0.15, -0.1) is 0 Å². The number of carbonyl (C=O) groups excluding carboxylic acids is 1. The second-order valence-electron chi connectivity index (χ2n) is 5.81. The molecule has 1 aliphatic heterocycles. The highest BCUT2D eigenvalue weighted by Crippen LogP contribution is 2.16. The Balaban J connectivity index is 1.91. The molecule has 1 amide bonds. The van der Waals surface area contributed by atoms with Gasteiger partial charge in [0.15, 0.2) is 0 Å². The number of rotatable bonds is 4. The van der Waals surface area contributed by atoms with Crippen LogP contribution in [0.4, 0.5) is 0 Å². The lowest BCUT2D eigenvalue weighted by Gasteiger charge is -2.24. The van der Waals surface area contributed by atoms with Gasteiger partial charge in [0.2, 0.25) is 5.91 Å².